The van der Waals surface area contributed by atoms with Crippen LogP contribution in [0, 0.1) is 6.92 Å². The largest absolute Gasteiger partial charge is 0.330 e. The van der Waals surface area contributed by atoms with Crippen LogP contribution < -0.4 is 5.14 Å². The lowest BCUT2D eigenvalue weighted by Gasteiger charge is -2.10. The van der Waals surface area contributed by atoms with Gasteiger partial charge in [0.25, 0.3) is 0 Å². The summed E-state index contributed by atoms with van der Waals surface area (Å²) in [5, 5.41) is 4.40. The molecule has 0 radical (unpaired) electrons. The lowest BCUT2D eigenvalue weighted by molar-refractivity contribution is 0.485. The maximum absolute atomic E-state index is 11.6. The smallest absolute Gasteiger partial charge is 0.274 e. The lowest BCUT2D eigenvalue weighted by Crippen LogP contribution is -2.08. The number of aryl methyl sites for hydroxylation is 1. The highest BCUT2D eigenvalue weighted by Crippen LogP contribution is 2.32. The van der Waals surface area contributed by atoms with Crippen molar-refractivity contribution in [3.05, 3.63) is 65.6 Å². The van der Waals surface area contributed by atoms with Crippen molar-refractivity contribution < 1.29 is 21.4 Å². The fourth-order valence-corrected chi connectivity index (χ4v) is 3.17. The topological polar surface area (TPSA) is 140 Å². The number of rotatable bonds is 3. The fourth-order valence-electron chi connectivity index (χ4n) is 2.38. The van der Waals surface area contributed by atoms with Crippen molar-refractivity contribution in [1.82, 2.24) is 9.97 Å². The summed E-state index contributed by atoms with van der Waals surface area (Å²) >= 11 is 6.11. The summed E-state index contributed by atoms with van der Waals surface area (Å²) in [4.78, 5) is 9.02. The number of pyridine rings is 2. The molecule has 2 aromatic heterocycles. The van der Waals surface area contributed by atoms with Crippen LogP contribution in [-0.2, 0) is 20.1 Å². The predicted octanol–water partition coefficient (Wildman–Crippen LogP) is 2.92. The van der Waals surface area contributed by atoms with Gasteiger partial charge in [0.1, 0.15) is 0 Å². The Bertz CT molecular complexity index is 1200. The Labute approximate surface area is 174 Å². The van der Waals surface area contributed by atoms with E-state index >= 15 is 0 Å². The molecule has 29 heavy (non-hydrogen) atoms. The Morgan fingerprint density at radius 2 is 1.48 bits per heavy atom. The van der Waals surface area contributed by atoms with Gasteiger partial charge in [-0.05, 0) is 42.8 Å². The standard InChI is InChI=1S/C18H15ClN2O2S.H3NO3S/c1-12-3-4-14(10-20-12)18-17(9-15(19)11-21-18)13-5-7-16(8-6-13)24(2,22)23;1-5(2,3)4/h3-11H,1-2H3;(H3,1,2,3,4). The van der Waals surface area contributed by atoms with Crippen LogP contribution in [0.2, 0.25) is 5.02 Å². The molecule has 8 nitrogen and oxygen atoms in total. The summed E-state index contributed by atoms with van der Waals surface area (Å²) in [5.41, 5.74) is 4.21. The first-order valence-corrected chi connectivity index (χ1v) is 11.8. The van der Waals surface area contributed by atoms with Crippen molar-refractivity contribution in [1.29, 1.82) is 0 Å². The lowest BCUT2D eigenvalue weighted by atomic mass is 10.0. The van der Waals surface area contributed by atoms with E-state index in [0.29, 0.717) is 5.02 Å². The van der Waals surface area contributed by atoms with Crippen LogP contribution in [-0.4, -0.2) is 37.6 Å². The summed E-state index contributed by atoms with van der Waals surface area (Å²) in [6, 6.07) is 12.4. The van der Waals surface area contributed by atoms with Crippen LogP contribution in [0.5, 0.6) is 0 Å². The number of halogens is 1. The number of nitrogens with zero attached hydrogens (tertiary/aromatic N) is 2. The van der Waals surface area contributed by atoms with E-state index in [4.69, 9.17) is 24.6 Å². The molecule has 11 heteroatoms. The van der Waals surface area contributed by atoms with Gasteiger partial charge in [-0.2, -0.15) is 8.42 Å². The first kappa shape index (κ1) is 22.9. The molecule has 3 aromatic rings. The third kappa shape index (κ3) is 7.18. The van der Waals surface area contributed by atoms with E-state index < -0.39 is 20.1 Å². The van der Waals surface area contributed by atoms with E-state index in [1.807, 2.05) is 25.1 Å². The Hall–Kier alpha value is -2.37. The van der Waals surface area contributed by atoms with E-state index in [1.165, 1.54) is 6.26 Å². The second-order valence-electron chi connectivity index (χ2n) is 6.05. The molecule has 0 aliphatic heterocycles. The molecule has 2 heterocycles. The molecule has 0 aliphatic carbocycles. The monoisotopic (exact) mass is 455 g/mol. The minimum atomic E-state index is -4.17. The minimum Gasteiger partial charge on any atom is -0.274 e. The van der Waals surface area contributed by atoms with Crippen molar-refractivity contribution in [2.24, 2.45) is 5.14 Å². The maximum atomic E-state index is 11.6. The van der Waals surface area contributed by atoms with E-state index in [0.717, 1.165) is 28.1 Å². The Kier molecular flexibility index (Phi) is 7.09. The summed E-state index contributed by atoms with van der Waals surface area (Å²) in [5.74, 6) is 0. The molecule has 3 rings (SSSR count). The Balaban J connectivity index is 0.000000537. The van der Waals surface area contributed by atoms with Gasteiger partial charge in [-0.25, -0.2) is 13.6 Å². The number of aromatic nitrogens is 2. The van der Waals surface area contributed by atoms with Gasteiger partial charge in [-0.15, -0.1) is 0 Å². The highest BCUT2D eigenvalue weighted by atomic mass is 35.5. The van der Waals surface area contributed by atoms with Crippen molar-refractivity contribution in [3.63, 3.8) is 0 Å². The molecule has 0 saturated carbocycles. The van der Waals surface area contributed by atoms with Gasteiger partial charge in [-0.3, -0.25) is 14.5 Å². The quantitative estimate of drug-likeness (QED) is 0.578. The maximum Gasteiger partial charge on any atom is 0.330 e. The van der Waals surface area contributed by atoms with Gasteiger partial charge in [0.15, 0.2) is 9.84 Å². The van der Waals surface area contributed by atoms with Gasteiger partial charge in [0, 0.05) is 35.5 Å². The van der Waals surface area contributed by atoms with Crippen molar-refractivity contribution >= 4 is 31.7 Å². The van der Waals surface area contributed by atoms with Gasteiger partial charge >= 0.3 is 10.3 Å². The molecule has 0 fully saturated rings. The van der Waals surface area contributed by atoms with E-state index in [-0.39, 0.29) is 4.90 Å². The highest BCUT2D eigenvalue weighted by Gasteiger charge is 2.12. The third-order valence-corrected chi connectivity index (χ3v) is 4.97. The van der Waals surface area contributed by atoms with Gasteiger partial charge < -0.3 is 0 Å². The summed E-state index contributed by atoms with van der Waals surface area (Å²) < 4.78 is 48.4. The summed E-state index contributed by atoms with van der Waals surface area (Å²) in [6.45, 7) is 1.92. The van der Waals surface area contributed by atoms with Crippen molar-refractivity contribution in [3.8, 4) is 22.4 Å². The zero-order valence-electron chi connectivity index (χ0n) is 15.4. The number of benzene rings is 1. The third-order valence-electron chi connectivity index (χ3n) is 3.63. The first-order valence-electron chi connectivity index (χ1n) is 7.99. The zero-order valence-corrected chi connectivity index (χ0v) is 17.8. The molecule has 0 amide bonds. The fraction of sp³-hybridized carbons (Fsp3) is 0.111. The molecule has 0 bridgehead atoms. The molecule has 0 spiro atoms. The molecule has 1 aromatic carbocycles. The van der Waals surface area contributed by atoms with Gasteiger partial charge in [0.05, 0.1) is 15.6 Å². The molecular weight excluding hydrogens is 438 g/mol. The predicted molar refractivity (Wildman–Crippen MR) is 111 cm³/mol. The van der Waals surface area contributed by atoms with Crippen LogP contribution in [0.4, 0.5) is 0 Å². The van der Waals surface area contributed by atoms with E-state index in [2.05, 4.69) is 15.1 Å². The van der Waals surface area contributed by atoms with E-state index in [9.17, 15) is 8.42 Å². The second-order valence-corrected chi connectivity index (χ2v) is 9.53. The summed E-state index contributed by atoms with van der Waals surface area (Å²) in [7, 11) is -7.40. The van der Waals surface area contributed by atoms with Crippen molar-refractivity contribution in [2.75, 3.05) is 6.26 Å². The van der Waals surface area contributed by atoms with Crippen LogP contribution in [0.15, 0.2) is 59.8 Å². The first-order chi connectivity index (χ1) is 13.3. The molecule has 154 valence electrons. The number of sulfone groups is 1. The Morgan fingerprint density at radius 1 is 0.931 bits per heavy atom. The number of nitrogens with two attached hydrogens (primary N) is 1. The summed E-state index contributed by atoms with van der Waals surface area (Å²) in [6.07, 6.45) is 4.54. The SMILES string of the molecule is Cc1ccc(-c2ncc(Cl)cc2-c2ccc(S(C)(=O)=O)cc2)cn1.NS(=O)(=O)O. The van der Waals surface area contributed by atoms with Crippen LogP contribution in [0.1, 0.15) is 5.69 Å². The second kappa shape index (κ2) is 8.97. The van der Waals surface area contributed by atoms with Crippen LogP contribution in [0.25, 0.3) is 22.4 Å². The molecule has 0 atom stereocenters. The number of hydrogen-bond donors (Lipinski definition) is 2. The Morgan fingerprint density at radius 3 is 1.97 bits per heavy atom. The minimum absolute atomic E-state index is 0.278. The molecule has 3 N–H and O–H groups in total. The van der Waals surface area contributed by atoms with Crippen LogP contribution >= 0.6 is 11.6 Å². The van der Waals surface area contributed by atoms with Gasteiger partial charge in [0.2, 0.25) is 0 Å². The molecule has 0 saturated heterocycles. The highest BCUT2D eigenvalue weighted by molar-refractivity contribution is 7.90. The zero-order chi connectivity index (χ0) is 21.8. The normalized spacial score (nSPS) is 11.5. The van der Waals surface area contributed by atoms with E-state index in [1.54, 1.807) is 36.7 Å². The molecule has 0 unspecified atom stereocenters. The average molecular weight is 456 g/mol. The van der Waals surface area contributed by atoms with Crippen molar-refractivity contribution in [2.45, 2.75) is 11.8 Å². The van der Waals surface area contributed by atoms with Gasteiger partial charge in [-0.1, -0.05) is 23.7 Å². The average Bonchev–Trinajstić information content (AvgIpc) is 2.60. The molecular formula is C18H18ClN3O5S2. The number of hydrogen-bond acceptors (Lipinski definition) is 6. The van der Waals surface area contributed by atoms with Crippen LogP contribution in [0.3, 0.4) is 0 Å². The molecule has 0 aliphatic rings.